The Labute approximate surface area is 156 Å². The fraction of sp³-hybridized carbons (Fsp3) is 0.500. The number of para-hydroxylation sites is 1. The molecule has 7 nitrogen and oxygen atoms in total. The van der Waals surface area contributed by atoms with Gasteiger partial charge < -0.3 is 20.1 Å². The van der Waals surface area contributed by atoms with E-state index in [0.29, 0.717) is 6.54 Å². The number of fused-ring (bicyclic) bond motifs is 1. The molecule has 3 atom stereocenters. The third kappa shape index (κ3) is 4.76. The number of thioether (sulfide) groups is 1. The Morgan fingerprint density at radius 2 is 2.23 bits per heavy atom. The summed E-state index contributed by atoms with van der Waals surface area (Å²) in [5.74, 6) is -1.17. The standard InChI is InChI=1S/C18H22N2O5S/c1-11(17(22)19-10-12-5-4-8-24-12)25-16(21)9-15-18(23)20-13-6-2-3-7-14(13)26-15/h2-3,6-7,11-12,15H,4-5,8-10H2,1H3,(H,19,22)(H,20,23)/t11-,12+,15-/m0/s1. The molecule has 2 amide bonds. The van der Waals surface area contributed by atoms with E-state index in [0.717, 1.165) is 30.0 Å². The van der Waals surface area contributed by atoms with Crippen molar-refractivity contribution >= 4 is 35.2 Å². The van der Waals surface area contributed by atoms with E-state index in [-0.39, 0.29) is 24.3 Å². The first kappa shape index (κ1) is 18.7. The number of hydrogen-bond acceptors (Lipinski definition) is 6. The molecule has 0 spiro atoms. The lowest BCUT2D eigenvalue weighted by Gasteiger charge is -2.23. The molecule has 2 aliphatic heterocycles. The van der Waals surface area contributed by atoms with Crippen LogP contribution in [0.1, 0.15) is 26.2 Å². The number of anilines is 1. The molecule has 0 saturated carbocycles. The van der Waals surface area contributed by atoms with Crippen molar-refractivity contribution in [3.8, 4) is 0 Å². The first-order valence-electron chi connectivity index (χ1n) is 8.68. The highest BCUT2D eigenvalue weighted by Gasteiger charge is 2.30. The summed E-state index contributed by atoms with van der Waals surface area (Å²) >= 11 is 1.33. The van der Waals surface area contributed by atoms with Gasteiger partial charge in [0.25, 0.3) is 5.91 Å². The predicted molar refractivity (Wildman–Crippen MR) is 96.9 cm³/mol. The van der Waals surface area contributed by atoms with Gasteiger partial charge in [-0.05, 0) is 31.9 Å². The van der Waals surface area contributed by atoms with Crippen molar-refractivity contribution in [1.29, 1.82) is 0 Å². The first-order chi connectivity index (χ1) is 12.5. The van der Waals surface area contributed by atoms with E-state index in [2.05, 4.69) is 10.6 Å². The van der Waals surface area contributed by atoms with Crippen molar-refractivity contribution in [2.45, 2.75) is 48.5 Å². The number of ether oxygens (including phenoxy) is 2. The zero-order chi connectivity index (χ0) is 18.5. The predicted octanol–water partition coefficient (Wildman–Crippen LogP) is 1.72. The Hall–Kier alpha value is -2.06. The van der Waals surface area contributed by atoms with E-state index in [1.54, 1.807) is 0 Å². The van der Waals surface area contributed by atoms with Gasteiger partial charge in [0.1, 0.15) is 0 Å². The molecule has 2 heterocycles. The highest BCUT2D eigenvalue weighted by molar-refractivity contribution is 8.01. The third-order valence-corrected chi connectivity index (χ3v) is 5.54. The van der Waals surface area contributed by atoms with E-state index in [9.17, 15) is 14.4 Å². The summed E-state index contributed by atoms with van der Waals surface area (Å²) in [6, 6.07) is 7.42. The monoisotopic (exact) mass is 378 g/mol. The molecule has 0 unspecified atom stereocenters. The van der Waals surface area contributed by atoms with E-state index in [1.807, 2.05) is 24.3 Å². The maximum Gasteiger partial charge on any atom is 0.308 e. The highest BCUT2D eigenvalue weighted by atomic mass is 32.2. The van der Waals surface area contributed by atoms with Crippen LogP contribution in [0.25, 0.3) is 0 Å². The Bertz CT molecular complexity index is 690. The van der Waals surface area contributed by atoms with Crippen LogP contribution in [0.5, 0.6) is 0 Å². The van der Waals surface area contributed by atoms with Crippen LogP contribution < -0.4 is 10.6 Å². The Morgan fingerprint density at radius 1 is 1.42 bits per heavy atom. The molecule has 1 saturated heterocycles. The fourth-order valence-electron chi connectivity index (χ4n) is 2.84. The van der Waals surface area contributed by atoms with Gasteiger partial charge in [-0.25, -0.2) is 0 Å². The smallest absolute Gasteiger partial charge is 0.308 e. The molecule has 0 radical (unpaired) electrons. The minimum absolute atomic E-state index is 0.0317. The summed E-state index contributed by atoms with van der Waals surface area (Å²) in [6.45, 7) is 2.65. The molecule has 8 heteroatoms. The summed E-state index contributed by atoms with van der Waals surface area (Å²) in [6.07, 6.45) is 0.949. The van der Waals surface area contributed by atoms with Gasteiger partial charge in [-0.3, -0.25) is 14.4 Å². The normalized spacial score (nSPS) is 22.9. The second-order valence-electron chi connectivity index (χ2n) is 6.31. The van der Waals surface area contributed by atoms with Crippen molar-refractivity contribution in [3.05, 3.63) is 24.3 Å². The molecule has 1 aromatic rings. The SMILES string of the molecule is C[C@H](OC(=O)C[C@@H]1Sc2ccccc2NC1=O)C(=O)NC[C@H]1CCCO1. The Morgan fingerprint density at radius 3 is 3.00 bits per heavy atom. The largest absolute Gasteiger partial charge is 0.453 e. The van der Waals surface area contributed by atoms with Crippen molar-refractivity contribution in [3.63, 3.8) is 0 Å². The van der Waals surface area contributed by atoms with Gasteiger partial charge in [-0.2, -0.15) is 0 Å². The van der Waals surface area contributed by atoms with Gasteiger partial charge in [0, 0.05) is 18.0 Å². The number of rotatable bonds is 6. The van der Waals surface area contributed by atoms with Gasteiger partial charge in [0.05, 0.1) is 23.5 Å². The van der Waals surface area contributed by atoms with Gasteiger partial charge in [-0.1, -0.05) is 12.1 Å². The van der Waals surface area contributed by atoms with Gasteiger partial charge >= 0.3 is 5.97 Å². The number of hydrogen-bond donors (Lipinski definition) is 2. The van der Waals surface area contributed by atoms with Crippen molar-refractivity contribution < 1.29 is 23.9 Å². The molecule has 3 rings (SSSR count). The van der Waals surface area contributed by atoms with Crippen LogP contribution in [-0.4, -0.2) is 48.4 Å². The fourth-order valence-corrected chi connectivity index (χ4v) is 3.94. The molecule has 1 fully saturated rings. The Balaban J connectivity index is 1.45. The number of benzene rings is 1. The van der Waals surface area contributed by atoms with Crippen LogP contribution >= 0.6 is 11.8 Å². The van der Waals surface area contributed by atoms with Crippen molar-refractivity contribution in [1.82, 2.24) is 5.32 Å². The maximum absolute atomic E-state index is 12.1. The minimum Gasteiger partial charge on any atom is -0.453 e. The van der Waals surface area contributed by atoms with Crippen LogP contribution in [0.4, 0.5) is 5.69 Å². The minimum atomic E-state index is -0.909. The molecule has 0 aromatic heterocycles. The number of carbonyl (C=O) groups is 3. The molecule has 0 aliphatic carbocycles. The lowest BCUT2D eigenvalue weighted by Crippen LogP contribution is -2.40. The topological polar surface area (TPSA) is 93.7 Å². The lowest BCUT2D eigenvalue weighted by atomic mass is 10.2. The molecule has 2 N–H and O–H groups in total. The van der Waals surface area contributed by atoms with Crippen LogP contribution in [0, 0.1) is 0 Å². The molecular weight excluding hydrogens is 356 g/mol. The van der Waals surface area contributed by atoms with Crippen LogP contribution in [0.3, 0.4) is 0 Å². The van der Waals surface area contributed by atoms with Crippen LogP contribution in [-0.2, 0) is 23.9 Å². The second-order valence-corrected chi connectivity index (χ2v) is 7.55. The molecule has 1 aromatic carbocycles. The van der Waals surface area contributed by atoms with E-state index in [1.165, 1.54) is 18.7 Å². The van der Waals surface area contributed by atoms with Gasteiger partial charge in [-0.15, -0.1) is 11.8 Å². The zero-order valence-electron chi connectivity index (χ0n) is 14.5. The zero-order valence-corrected chi connectivity index (χ0v) is 15.3. The number of esters is 1. The average Bonchev–Trinajstić information content (AvgIpc) is 3.13. The summed E-state index contributed by atoms with van der Waals surface area (Å²) in [5.41, 5.74) is 0.744. The molecule has 0 bridgehead atoms. The summed E-state index contributed by atoms with van der Waals surface area (Å²) < 4.78 is 10.6. The van der Waals surface area contributed by atoms with Crippen molar-refractivity contribution in [2.24, 2.45) is 0 Å². The van der Waals surface area contributed by atoms with Gasteiger partial charge in [0.2, 0.25) is 5.91 Å². The maximum atomic E-state index is 12.1. The lowest BCUT2D eigenvalue weighted by molar-refractivity contribution is -0.155. The van der Waals surface area contributed by atoms with E-state index < -0.39 is 17.3 Å². The molecular formula is C18H22N2O5S. The summed E-state index contributed by atoms with van der Waals surface area (Å²) in [4.78, 5) is 37.2. The van der Waals surface area contributed by atoms with E-state index in [4.69, 9.17) is 9.47 Å². The second kappa shape index (κ2) is 8.55. The highest BCUT2D eigenvalue weighted by Crippen LogP contribution is 2.36. The van der Waals surface area contributed by atoms with E-state index >= 15 is 0 Å². The first-order valence-corrected chi connectivity index (χ1v) is 9.56. The summed E-state index contributed by atoms with van der Waals surface area (Å²) in [7, 11) is 0. The quantitative estimate of drug-likeness (QED) is 0.732. The van der Waals surface area contributed by atoms with Crippen LogP contribution in [0.15, 0.2) is 29.2 Å². The molecule has 140 valence electrons. The third-order valence-electron chi connectivity index (χ3n) is 4.26. The molecule has 26 heavy (non-hydrogen) atoms. The average molecular weight is 378 g/mol. The summed E-state index contributed by atoms with van der Waals surface area (Å²) in [5, 5.41) is 4.94. The number of nitrogens with one attached hydrogen (secondary N) is 2. The molecule has 2 aliphatic rings. The number of carbonyl (C=O) groups excluding carboxylic acids is 3. The Kier molecular flexibility index (Phi) is 6.16. The van der Waals surface area contributed by atoms with Gasteiger partial charge in [0.15, 0.2) is 6.10 Å². The number of amides is 2. The van der Waals surface area contributed by atoms with Crippen LogP contribution in [0.2, 0.25) is 0 Å². The van der Waals surface area contributed by atoms with Crippen molar-refractivity contribution in [2.75, 3.05) is 18.5 Å².